The number of rotatable bonds is 1. The third kappa shape index (κ3) is 1.38. The number of aromatic amines is 1. The summed E-state index contributed by atoms with van der Waals surface area (Å²) in [5.41, 5.74) is 2.69. The van der Waals surface area contributed by atoms with E-state index in [-0.39, 0.29) is 10.8 Å². The third-order valence-corrected chi connectivity index (χ3v) is 5.42. The third-order valence-electron chi connectivity index (χ3n) is 4.88. The van der Waals surface area contributed by atoms with Crippen molar-refractivity contribution in [2.45, 2.75) is 33.7 Å². The molecule has 0 bridgehead atoms. The minimum absolute atomic E-state index is 0.264. The van der Waals surface area contributed by atoms with Crippen LogP contribution >= 0.6 is 23.8 Å². The minimum Gasteiger partial charge on any atom is -0.331 e. The molecule has 0 spiro atoms. The van der Waals surface area contributed by atoms with Crippen LogP contribution in [0.1, 0.15) is 33.7 Å². The highest BCUT2D eigenvalue weighted by molar-refractivity contribution is 7.71. The second kappa shape index (κ2) is 3.40. The largest absolute Gasteiger partial charge is 0.331 e. The van der Waals surface area contributed by atoms with Gasteiger partial charge in [-0.25, -0.2) is 0 Å². The molecule has 1 aliphatic carbocycles. The van der Waals surface area contributed by atoms with E-state index in [0.717, 1.165) is 20.8 Å². The van der Waals surface area contributed by atoms with Gasteiger partial charge in [-0.15, -0.1) is 0 Å². The maximum atomic E-state index is 6.02. The van der Waals surface area contributed by atoms with E-state index in [4.69, 9.17) is 23.8 Å². The van der Waals surface area contributed by atoms with E-state index in [1.165, 1.54) is 0 Å². The lowest BCUT2D eigenvalue weighted by Crippen LogP contribution is -2.00. The van der Waals surface area contributed by atoms with Crippen LogP contribution in [0, 0.1) is 15.6 Å². The van der Waals surface area contributed by atoms with Gasteiger partial charge < -0.3 is 9.55 Å². The second-order valence-electron chi connectivity index (χ2n) is 6.31. The molecule has 1 aliphatic rings. The summed E-state index contributed by atoms with van der Waals surface area (Å²) in [5.74, 6) is 0. The summed E-state index contributed by atoms with van der Waals surface area (Å²) in [6.45, 7) is 9.20. The first-order valence-corrected chi connectivity index (χ1v) is 6.95. The van der Waals surface area contributed by atoms with Gasteiger partial charge in [0.15, 0.2) is 4.77 Å². The molecule has 0 amide bonds. The van der Waals surface area contributed by atoms with E-state index >= 15 is 0 Å². The van der Waals surface area contributed by atoms with Crippen LogP contribution < -0.4 is 0 Å². The van der Waals surface area contributed by atoms with Gasteiger partial charge in [0.05, 0.1) is 11.0 Å². The average molecular weight is 281 g/mol. The summed E-state index contributed by atoms with van der Waals surface area (Å²) < 4.78 is 3.04. The van der Waals surface area contributed by atoms with Gasteiger partial charge in [0.1, 0.15) is 0 Å². The summed E-state index contributed by atoms with van der Waals surface area (Å²) in [6, 6.07) is 6.35. The van der Waals surface area contributed by atoms with Crippen LogP contribution in [0.2, 0.25) is 5.02 Å². The van der Waals surface area contributed by atoms with Gasteiger partial charge in [0, 0.05) is 11.1 Å². The van der Waals surface area contributed by atoms with E-state index in [9.17, 15) is 0 Å². The molecule has 0 unspecified atom stereocenters. The van der Waals surface area contributed by atoms with Crippen molar-refractivity contribution < 1.29 is 0 Å². The minimum atomic E-state index is 0.264. The monoisotopic (exact) mass is 280 g/mol. The standard InChI is InChI=1S/C14H17ClN2S/c1-13(2)11(14(13,3)4)17-10-6-5-8(15)7-9(10)16-12(17)18/h5-7,11H,1-4H3,(H,16,18). The second-order valence-corrected chi connectivity index (χ2v) is 7.13. The molecule has 2 aromatic rings. The quantitative estimate of drug-likeness (QED) is 0.732. The Bertz CT molecular complexity index is 679. The highest BCUT2D eigenvalue weighted by Crippen LogP contribution is 2.71. The zero-order valence-corrected chi connectivity index (χ0v) is 12.6. The van der Waals surface area contributed by atoms with Crippen molar-refractivity contribution in [1.29, 1.82) is 0 Å². The number of halogens is 1. The molecule has 18 heavy (non-hydrogen) atoms. The number of hydrogen-bond acceptors (Lipinski definition) is 1. The van der Waals surface area contributed by atoms with Crippen molar-refractivity contribution in [3.8, 4) is 0 Å². The van der Waals surface area contributed by atoms with Crippen LogP contribution in [0.4, 0.5) is 0 Å². The van der Waals surface area contributed by atoms with Gasteiger partial charge in [-0.1, -0.05) is 39.3 Å². The number of fused-ring (bicyclic) bond motifs is 1. The van der Waals surface area contributed by atoms with Crippen molar-refractivity contribution in [3.63, 3.8) is 0 Å². The van der Waals surface area contributed by atoms with Crippen molar-refractivity contribution >= 4 is 34.9 Å². The van der Waals surface area contributed by atoms with Gasteiger partial charge in [-0.2, -0.15) is 0 Å². The van der Waals surface area contributed by atoms with E-state index < -0.39 is 0 Å². The van der Waals surface area contributed by atoms with Crippen molar-refractivity contribution in [1.82, 2.24) is 9.55 Å². The molecule has 0 radical (unpaired) electrons. The normalized spacial score (nSPS) is 21.4. The van der Waals surface area contributed by atoms with Crippen LogP contribution in [-0.4, -0.2) is 9.55 Å². The van der Waals surface area contributed by atoms with E-state index in [1.54, 1.807) is 0 Å². The molecular weight excluding hydrogens is 264 g/mol. The summed E-state index contributed by atoms with van der Waals surface area (Å²) in [7, 11) is 0. The van der Waals surface area contributed by atoms with Crippen LogP contribution in [0.5, 0.6) is 0 Å². The highest BCUT2D eigenvalue weighted by Gasteiger charge is 2.66. The Morgan fingerprint density at radius 2 is 1.83 bits per heavy atom. The number of benzene rings is 1. The van der Waals surface area contributed by atoms with Crippen molar-refractivity contribution in [2.75, 3.05) is 0 Å². The number of hydrogen-bond donors (Lipinski definition) is 1. The van der Waals surface area contributed by atoms with Crippen LogP contribution in [0.3, 0.4) is 0 Å². The SMILES string of the molecule is CC1(C)C(n2c(=S)[nH]c3cc(Cl)ccc32)C1(C)C. The Balaban J connectivity index is 2.26. The number of nitrogens with one attached hydrogen (secondary N) is 1. The fourth-order valence-corrected chi connectivity index (χ4v) is 3.65. The summed E-state index contributed by atoms with van der Waals surface area (Å²) in [6.07, 6.45) is 0. The first-order chi connectivity index (χ1) is 8.26. The molecule has 3 rings (SSSR count). The number of nitrogens with zero attached hydrogens (tertiary/aromatic N) is 1. The lowest BCUT2D eigenvalue weighted by molar-refractivity contribution is 0.457. The molecule has 0 atom stereocenters. The molecule has 4 heteroatoms. The van der Waals surface area contributed by atoms with Crippen LogP contribution in [0.15, 0.2) is 18.2 Å². The number of aromatic nitrogens is 2. The summed E-state index contributed by atoms with van der Waals surface area (Å²) >= 11 is 11.5. The Hall–Kier alpha value is -0.800. The maximum Gasteiger partial charge on any atom is 0.178 e. The summed E-state index contributed by atoms with van der Waals surface area (Å²) in [4.78, 5) is 3.26. The molecular formula is C14H17ClN2S. The summed E-state index contributed by atoms with van der Waals surface area (Å²) in [5, 5.41) is 0.736. The predicted molar refractivity (Wildman–Crippen MR) is 78.7 cm³/mol. The molecule has 0 saturated heterocycles. The maximum absolute atomic E-state index is 6.02. The Labute approximate surface area is 117 Å². The molecule has 96 valence electrons. The lowest BCUT2D eigenvalue weighted by Gasteiger charge is -2.06. The van der Waals surface area contributed by atoms with Crippen molar-refractivity contribution in [3.05, 3.63) is 28.0 Å². The van der Waals surface area contributed by atoms with E-state index in [2.05, 4.69) is 43.3 Å². The fourth-order valence-electron chi connectivity index (χ4n) is 3.17. The Morgan fingerprint density at radius 1 is 1.22 bits per heavy atom. The predicted octanol–water partition coefficient (Wildman–Crippen LogP) is 4.96. The molecule has 0 aliphatic heterocycles. The van der Waals surface area contributed by atoms with Crippen molar-refractivity contribution in [2.24, 2.45) is 10.8 Å². The van der Waals surface area contributed by atoms with Gasteiger partial charge in [-0.05, 0) is 41.2 Å². The molecule has 1 aromatic carbocycles. The lowest BCUT2D eigenvalue weighted by atomic mass is 10.0. The van der Waals surface area contributed by atoms with Gasteiger partial charge in [0.25, 0.3) is 0 Å². The van der Waals surface area contributed by atoms with Crippen LogP contribution in [0.25, 0.3) is 11.0 Å². The first kappa shape index (κ1) is 12.2. The highest BCUT2D eigenvalue weighted by atomic mass is 35.5. The Morgan fingerprint density at radius 3 is 2.39 bits per heavy atom. The van der Waals surface area contributed by atoms with Gasteiger partial charge >= 0.3 is 0 Å². The average Bonchev–Trinajstić information content (AvgIpc) is 2.52. The van der Waals surface area contributed by atoms with E-state index in [1.807, 2.05) is 12.1 Å². The molecule has 1 aromatic heterocycles. The zero-order valence-electron chi connectivity index (χ0n) is 11.0. The van der Waals surface area contributed by atoms with Gasteiger partial charge in [0.2, 0.25) is 0 Å². The number of H-pyrrole nitrogens is 1. The van der Waals surface area contributed by atoms with Gasteiger partial charge in [-0.3, -0.25) is 0 Å². The fraction of sp³-hybridized carbons (Fsp3) is 0.500. The van der Waals surface area contributed by atoms with E-state index in [0.29, 0.717) is 6.04 Å². The first-order valence-electron chi connectivity index (χ1n) is 6.16. The smallest absolute Gasteiger partial charge is 0.178 e. The van der Waals surface area contributed by atoms with Crippen LogP contribution in [-0.2, 0) is 0 Å². The Kier molecular flexibility index (Phi) is 2.31. The number of imidazole rings is 1. The topological polar surface area (TPSA) is 20.7 Å². The molecule has 1 N–H and O–H groups in total. The molecule has 2 nitrogen and oxygen atoms in total. The molecule has 1 saturated carbocycles. The molecule has 1 fully saturated rings. The zero-order chi connectivity index (χ0) is 13.3. The molecule has 1 heterocycles.